The largest absolute Gasteiger partial charge is 0.0654 e. The third kappa shape index (κ3) is 3.36. The van der Waals surface area contributed by atoms with Gasteiger partial charge in [-0.2, -0.15) is 0 Å². The van der Waals surface area contributed by atoms with Crippen LogP contribution in [0.4, 0.5) is 0 Å². The Balaban J connectivity index is 1.53. The van der Waals surface area contributed by atoms with Gasteiger partial charge < -0.3 is 0 Å². The zero-order valence-corrected chi connectivity index (χ0v) is 21.0. The summed E-state index contributed by atoms with van der Waals surface area (Å²) in [5.74, 6) is 6.96. The van der Waals surface area contributed by atoms with Gasteiger partial charge in [-0.15, -0.1) is 0 Å². The second-order valence-corrected chi connectivity index (χ2v) is 13.5. The SMILES string of the molecule is CCCCCC(C)C1CCC2C3CCC4C(C)(C)C(C)CCC4(C)C3CCC12C. The van der Waals surface area contributed by atoms with Gasteiger partial charge in [-0.25, -0.2) is 0 Å². The van der Waals surface area contributed by atoms with Crippen LogP contribution in [0, 0.1) is 57.7 Å². The fourth-order valence-corrected chi connectivity index (χ4v) is 10.2. The van der Waals surface area contributed by atoms with Crippen LogP contribution in [0.3, 0.4) is 0 Å². The van der Waals surface area contributed by atoms with Crippen molar-refractivity contribution in [2.45, 2.75) is 126 Å². The van der Waals surface area contributed by atoms with Gasteiger partial charge in [-0.3, -0.25) is 0 Å². The molecule has 0 heterocycles. The number of fused-ring (bicyclic) bond motifs is 5. The summed E-state index contributed by atoms with van der Waals surface area (Å²) in [7, 11) is 0. The Morgan fingerprint density at radius 1 is 0.793 bits per heavy atom. The molecule has 0 aromatic heterocycles. The van der Waals surface area contributed by atoms with Gasteiger partial charge in [0, 0.05) is 0 Å². The topological polar surface area (TPSA) is 0 Å². The van der Waals surface area contributed by atoms with Gasteiger partial charge in [0.25, 0.3) is 0 Å². The lowest BCUT2D eigenvalue weighted by Crippen LogP contribution is -2.57. The Kier molecular flexibility index (Phi) is 6.01. The first-order chi connectivity index (χ1) is 13.7. The summed E-state index contributed by atoms with van der Waals surface area (Å²) in [6.45, 7) is 18.3. The first-order valence-corrected chi connectivity index (χ1v) is 13.7. The van der Waals surface area contributed by atoms with E-state index < -0.39 is 0 Å². The van der Waals surface area contributed by atoms with Gasteiger partial charge >= 0.3 is 0 Å². The molecule has 0 aromatic carbocycles. The molecule has 168 valence electrons. The van der Waals surface area contributed by atoms with Crippen molar-refractivity contribution < 1.29 is 0 Å². The lowest BCUT2D eigenvalue weighted by atomic mass is 9.40. The summed E-state index contributed by atoms with van der Waals surface area (Å²) in [5.41, 5.74) is 1.84. The van der Waals surface area contributed by atoms with Crippen molar-refractivity contribution in [1.82, 2.24) is 0 Å². The summed E-state index contributed by atoms with van der Waals surface area (Å²) in [6.07, 6.45) is 18.0. The highest BCUT2D eigenvalue weighted by Gasteiger charge is 2.62. The van der Waals surface area contributed by atoms with Crippen molar-refractivity contribution in [2.75, 3.05) is 0 Å². The van der Waals surface area contributed by atoms with Crippen LogP contribution in [0.25, 0.3) is 0 Å². The zero-order valence-electron chi connectivity index (χ0n) is 21.0. The minimum absolute atomic E-state index is 0.546. The van der Waals surface area contributed by atoms with Crippen molar-refractivity contribution in [3.63, 3.8) is 0 Å². The average Bonchev–Trinajstić information content (AvgIpc) is 3.02. The molecule has 0 spiro atoms. The molecule has 4 rings (SSSR count). The molecule has 0 aliphatic heterocycles. The van der Waals surface area contributed by atoms with Gasteiger partial charge in [0.1, 0.15) is 0 Å². The normalized spacial score (nSPS) is 49.8. The van der Waals surface area contributed by atoms with Crippen LogP contribution in [-0.2, 0) is 0 Å². The minimum Gasteiger partial charge on any atom is -0.0654 e. The first-order valence-electron chi connectivity index (χ1n) is 13.7. The second kappa shape index (κ2) is 7.85. The standard InChI is InChI=1S/C29H52/c1-8-9-10-11-20(2)23-13-14-24-22-12-15-26-27(4,5)21(3)16-18-29(26,7)25(22)17-19-28(23,24)6/h20-26H,8-19H2,1-7H3. The quantitative estimate of drug-likeness (QED) is 0.403. The molecule has 0 amide bonds. The van der Waals surface area contributed by atoms with Crippen LogP contribution in [0.2, 0.25) is 0 Å². The Hall–Kier alpha value is 0. The van der Waals surface area contributed by atoms with Crippen LogP contribution in [0.5, 0.6) is 0 Å². The van der Waals surface area contributed by atoms with E-state index in [9.17, 15) is 0 Å². The molecule has 9 atom stereocenters. The molecule has 0 bridgehead atoms. The van der Waals surface area contributed by atoms with Gasteiger partial charge in [-0.1, -0.05) is 74.1 Å². The molecule has 29 heavy (non-hydrogen) atoms. The Labute approximate surface area is 183 Å². The van der Waals surface area contributed by atoms with Gasteiger partial charge in [-0.05, 0) is 109 Å². The molecular weight excluding hydrogens is 348 g/mol. The second-order valence-electron chi connectivity index (χ2n) is 13.5. The van der Waals surface area contributed by atoms with Gasteiger partial charge in [0.15, 0.2) is 0 Å². The maximum atomic E-state index is 2.75. The Morgan fingerprint density at radius 2 is 1.48 bits per heavy atom. The molecule has 4 aliphatic carbocycles. The van der Waals surface area contributed by atoms with Crippen molar-refractivity contribution in [1.29, 1.82) is 0 Å². The average molecular weight is 401 g/mol. The molecule has 0 saturated heterocycles. The van der Waals surface area contributed by atoms with E-state index >= 15 is 0 Å². The third-order valence-electron chi connectivity index (χ3n) is 12.2. The highest BCUT2D eigenvalue weighted by Crippen LogP contribution is 2.70. The smallest absolute Gasteiger partial charge is 0.0261 e. The predicted molar refractivity (Wildman–Crippen MR) is 127 cm³/mol. The van der Waals surface area contributed by atoms with Crippen LogP contribution < -0.4 is 0 Å². The molecule has 0 nitrogen and oxygen atoms in total. The van der Waals surface area contributed by atoms with Crippen LogP contribution in [0.1, 0.15) is 126 Å². The van der Waals surface area contributed by atoms with E-state index in [4.69, 9.17) is 0 Å². The van der Waals surface area contributed by atoms with Crippen LogP contribution in [0.15, 0.2) is 0 Å². The molecule has 4 aliphatic rings. The van der Waals surface area contributed by atoms with Gasteiger partial charge in [0.2, 0.25) is 0 Å². The van der Waals surface area contributed by atoms with E-state index in [2.05, 4.69) is 48.5 Å². The third-order valence-corrected chi connectivity index (χ3v) is 12.2. The van der Waals surface area contributed by atoms with Crippen LogP contribution in [-0.4, -0.2) is 0 Å². The number of hydrogen-bond acceptors (Lipinski definition) is 0. The van der Waals surface area contributed by atoms with E-state index in [1.165, 1.54) is 44.9 Å². The summed E-state index contributed by atoms with van der Waals surface area (Å²) in [4.78, 5) is 0. The van der Waals surface area contributed by atoms with E-state index in [0.29, 0.717) is 16.2 Å². The minimum atomic E-state index is 0.546. The molecule has 0 aromatic rings. The lowest BCUT2D eigenvalue weighted by Gasteiger charge is -2.65. The Morgan fingerprint density at radius 3 is 2.21 bits per heavy atom. The summed E-state index contributed by atoms with van der Waals surface area (Å²) in [6, 6.07) is 0. The van der Waals surface area contributed by atoms with Crippen molar-refractivity contribution in [3.05, 3.63) is 0 Å². The van der Waals surface area contributed by atoms with Crippen molar-refractivity contribution in [3.8, 4) is 0 Å². The Bertz CT molecular complexity index is 575. The molecule has 4 fully saturated rings. The van der Waals surface area contributed by atoms with Gasteiger partial charge in [0.05, 0.1) is 0 Å². The van der Waals surface area contributed by atoms with Crippen molar-refractivity contribution >= 4 is 0 Å². The molecular formula is C29H52. The van der Waals surface area contributed by atoms with E-state index in [1.54, 1.807) is 32.1 Å². The zero-order chi connectivity index (χ0) is 21.0. The van der Waals surface area contributed by atoms with Crippen LogP contribution >= 0.6 is 0 Å². The number of unbranched alkanes of at least 4 members (excludes halogenated alkanes) is 2. The first kappa shape index (κ1) is 22.2. The lowest BCUT2D eigenvalue weighted by molar-refractivity contribution is -0.161. The summed E-state index contributed by atoms with van der Waals surface area (Å²) < 4.78 is 0. The predicted octanol–water partition coefficient (Wildman–Crippen LogP) is 9.13. The monoisotopic (exact) mass is 400 g/mol. The maximum absolute atomic E-state index is 2.75. The maximum Gasteiger partial charge on any atom is -0.0261 e. The molecule has 4 saturated carbocycles. The van der Waals surface area contributed by atoms with E-state index in [0.717, 1.165) is 41.4 Å². The molecule has 0 N–H and O–H groups in total. The highest BCUT2D eigenvalue weighted by atomic mass is 14.7. The van der Waals surface area contributed by atoms with E-state index in [-0.39, 0.29) is 0 Å². The fraction of sp³-hybridized carbons (Fsp3) is 1.00. The van der Waals surface area contributed by atoms with Crippen molar-refractivity contribution in [2.24, 2.45) is 57.7 Å². The number of rotatable bonds is 5. The summed E-state index contributed by atoms with van der Waals surface area (Å²) in [5, 5.41) is 0. The fourth-order valence-electron chi connectivity index (χ4n) is 10.2. The highest BCUT2D eigenvalue weighted by molar-refractivity contribution is 5.11. The molecule has 0 radical (unpaired) electrons. The molecule has 0 heteroatoms. The number of hydrogen-bond donors (Lipinski definition) is 0. The summed E-state index contributed by atoms with van der Waals surface area (Å²) >= 11 is 0. The molecule has 9 unspecified atom stereocenters. The van der Waals surface area contributed by atoms with E-state index in [1.807, 2.05) is 0 Å².